The van der Waals surface area contributed by atoms with Crippen molar-refractivity contribution in [3.8, 4) is 22.5 Å². The molecule has 0 atom stereocenters. The summed E-state index contributed by atoms with van der Waals surface area (Å²) in [5.41, 5.74) is 6.47. The normalized spacial score (nSPS) is 10.6. The number of aromatic nitrogens is 3. The third-order valence-corrected chi connectivity index (χ3v) is 4.16. The van der Waals surface area contributed by atoms with Gasteiger partial charge in [-0.2, -0.15) is 0 Å². The number of nitrogens with zero attached hydrogens (tertiary/aromatic N) is 2. The molecular formula is C17H16N4O3S. The van der Waals surface area contributed by atoms with Gasteiger partial charge in [0.05, 0.1) is 18.6 Å². The molecule has 1 heterocycles. The van der Waals surface area contributed by atoms with E-state index in [9.17, 15) is 4.79 Å². The van der Waals surface area contributed by atoms with Crippen LogP contribution in [0.4, 0.5) is 5.69 Å². The topological polar surface area (TPSA) is 100 Å². The first-order valence-electron chi connectivity index (χ1n) is 7.42. The maximum absolute atomic E-state index is 10.7. The smallest absolute Gasteiger partial charge is 0.313 e. The van der Waals surface area contributed by atoms with Crippen LogP contribution in [0.25, 0.3) is 22.5 Å². The summed E-state index contributed by atoms with van der Waals surface area (Å²) < 4.78 is 0. The average Bonchev–Trinajstić information content (AvgIpc) is 3.10. The Morgan fingerprint density at radius 2 is 1.96 bits per heavy atom. The van der Waals surface area contributed by atoms with Gasteiger partial charge in [-0.15, -0.1) is 5.10 Å². The maximum atomic E-state index is 10.7. The molecule has 128 valence electrons. The third kappa shape index (κ3) is 4.37. The number of aliphatic carboxylic acids is 1. The van der Waals surface area contributed by atoms with Crippen molar-refractivity contribution in [2.75, 3.05) is 18.3 Å². The monoisotopic (exact) mass is 356 g/mol. The maximum Gasteiger partial charge on any atom is 0.313 e. The second-order valence-corrected chi connectivity index (χ2v) is 6.06. The zero-order valence-corrected chi connectivity index (χ0v) is 14.2. The minimum Gasteiger partial charge on any atom is -0.481 e. The van der Waals surface area contributed by atoms with Crippen LogP contribution in [0.3, 0.4) is 0 Å². The van der Waals surface area contributed by atoms with Crippen LogP contribution in [0.5, 0.6) is 0 Å². The Kier molecular flexibility index (Phi) is 5.32. The highest BCUT2D eigenvalue weighted by Crippen LogP contribution is 2.29. The fourth-order valence-electron chi connectivity index (χ4n) is 2.30. The largest absolute Gasteiger partial charge is 0.481 e. The van der Waals surface area contributed by atoms with Crippen LogP contribution in [0.1, 0.15) is 0 Å². The van der Waals surface area contributed by atoms with Crippen molar-refractivity contribution in [1.82, 2.24) is 15.2 Å². The Labute approximate surface area is 148 Å². The van der Waals surface area contributed by atoms with E-state index >= 15 is 0 Å². The third-order valence-electron chi connectivity index (χ3n) is 3.32. The molecule has 1 aromatic heterocycles. The Morgan fingerprint density at radius 3 is 2.68 bits per heavy atom. The first-order valence-corrected chi connectivity index (χ1v) is 8.41. The number of benzene rings is 2. The molecule has 0 aliphatic heterocycles. The first-order chi connectivity index (χ1) is 12.2. The molecule has 3 aromatic rings. The Bertz CT molecular complexity index is 867. The van der Waals surface area contributed by atoms with Gasteiger partial charge in [0.15, 0.2) is 5.82 Å². The number of carboxylic acid groups (broad SMARTS) is 1. The van der Waals surface area contributed by atoms with E-state index in [1.165, 1.54) is 0 Å². The molecule has 0 aliphatic rings. The summed E-state index contributed by atoms with van der Waals surface area (Å²) in [7, 11) is 1.55. The molecule has 0 spiro atoms. The summed E-state index contributed by atoms with van der Waals surface area (Å²) >= 11 is 1.07. The fraction of sp³-hybridized carbons (Fsp3) is 0.118. The van der Waals surface area contributed by atoms with E-state index in [0.717, 1.165) is 34.1 Å². The molecule has 0 saturated heterocycles. The molecule has 25 heavy (non-hydrogen) atoms. The number of hydrogen-bond acceptors (Lipinski definition) is 6. The molecule has 0 saturated carbocycles. The number of hydrogen-bond donors (Lipinski definition) is 3. The van der Waals surface area contributed by atoms with Gasteiger partial charge < -0.3 is 5.11 Å². The summed E-state index contributed by atoms with van der Waals surface area (Å²) in [5, 5.41) is 16.0. The standard InChI is InChI=1S/C17H16N4O3S/c1-24-21-14-8-12(11-5-3-2-4-6-11)7-13(9-14)16-18-17(20-19-16)25-10-15(22)23/h2-9,21H,10H2,1H3,(H,22,23)(H,18,19,20). The molecule has 7 nitrogen and oxygen atoms in total. The zero-order chi connectivity index (χ0) is 17.6. The van der Waals surface area contributed by atoms with Gasteiger partial charge in [-0.25, -0.2) is 4.98 Å². The van der Waals surface area contributed by atoms with E-state index in [2.05, 4.69) is 20.7 Å². The lowest BCUT2D eigenvalue weighted by atomic mass is 10.0. The number of carbonyl (C=O) groups is 1. The second-order valence-electron chi connectivity index (χ2n) is 5.12. The van der Waals surface area contributed by atoms with E-state index in [-0.39, 0.29) is 5.75 Å². The summed E-state index contributed by atoms with van der Waals surface area (Å²) in [5.74, 6) is -0.434. The van der Waals surface area contributed by atoms with E-state index in [1.54, 1.807) is 7.11 Å². The quantitative estimate of drug-likeness (QED) is 0.441. The molecule has 3 rings (SSSR count). The van der Waals surface area contributed by atoms with Gasteiger partial charge in [0.25, 0.3) is 0 Å². The minimum absolute atomic E-state index is 0.0855. The lowest BCUT2D eigenvalue weighted by Crippen LogP contribution is -1.98. The van der Waals surface area contributed by atoms with Crippen LogP contribution in [0, 0.1) is 0 Å². The van der Waals surface area contributed by atoms with Gasteiger partial charge in [-0.1, -0.05) is 42.1 Å². The van der Waals surface area contributed by atoms with Gasteiger partial charge >= 0.3 is 5.97 Å². The average molecular weight is 356 g/mol. The van der Waals surface area contributed by atoms with Crippen LogP contribution in [-0.2, 0) is 9.63 Å². The highest BCUT2D eigenvalue weighted by atomic mass is 32.2. The number of nitrogens with one attached hydrogen (secondary N) is 2. The van der Waals surface area contributed by atoms with Crippen molar-refractivity contribution < 1.29 is 14.7 Å². The number of aromatic amines is 1. The lowest BCUT2D eigenvalue weighted by Gasteiger charge is -2.09. The summed E-state index contributed by atoms with van der Waals surface area (Å²) in [6.45, 7) is 0. The Hall–Kier alpha value is -2.84. The van der Waals surface area contributed by atoms with E-state index in [0.29, 0.717) is 11.0 Å². The van der Waals surface area contributed by atoms with Crippen LogP contribution >= 0.6 is 11.8 Å². The van der Waals surface area contributed by atoms with E-state index in [1.807, 2.05) is 48.5 Å². The Balaban J connectivity index is 1.95. The fourth-order valence-corrected chi connectivity index (χ4v) is 2.82. The highest BCUT2D eigenvalue weighted by molar-refractivity contribution is 7.99. The predicted molar refractivity (Wildman–Crippen MR) is 96.2 cm³/mol. The van der Waals surface area contributed by atoms with Crippen molar-refractivity contribution in [2.24, 2.45) is 0 Å². The molecule has 8 heteroatoms. The van der Waals surface area contributed by atoms with Gasteiger partial charge in [0, 0.05) is 5.56 Å². The molecular weight excluding hydrogens is 340 g/mol. The zero-order valence-electron chi connectivity index (χ0n) is 13.4. The molecule has 0 unspecified atom stereocenters. The molecule has 2 aromatic carbocycles. The van der Waals surface area contributed by atoms with Crippen LogP contribution < -0.4 is 5.48 Å². The number of anilines is 1. The van der Waals surface area contributed by atoms with Crippen LogP contribution in [-0.4, -0.2) is 39.1 Å². The highest BCUT2D eigenvalue weighted by Gasteiger charge is 2.11. The predicted octanol–water partition coefficient (Wildman–Crippen LogP) is 3.29. The van der Waals surface area contributed by atoms with E-state index in [4.69, 9.17) is 9.94 Å². The molecule has 0 fully saturated rings. The van der Waals surface area contributed by atoms with Gasteiger partial charge in [-0.05, 0) is 29.3 Å². The lowest BCUT2D eigenvalue weighted by molar-refractivity contribution is -0.133. The van der Waals surface area contributed by atoms with Gasteiger partial charge in [-0.3, -0.25) is 20.2 Å². The van der Waals surface area contributed by atoms with Crippen molar-refractivity contribution in [1.29, 1.82) is 0 Å². The van der Waals surface area contributed by atoms with Crippen molar-refractivity contribution in [3.63, 3.8) is 0 Å². The van der Waals surface area contributed by atoms with Gasteiger partial charge in [0.2, 0.25) is 5.16 Å². The number of H-pyrrole nitrogens is 1. The van der Waals surface area contributed by atoms with Crippen molar-refractivity contribution >= 4 is 23.4 Å². The molecule has 3 N–H and O–H groups in total. The molecule has 0 aliphatic carbocycles. The number of thioether (sulfide) groups is 1. The number of rotatable bonds is 7. The van der Waals surface area contributed by atoms with Crippen molar-refractivity contribution in [3.05, 3.63) is 48.5 Å². The molecule has 0 radical (unpaired) electrons. The second kappa shape index (κ2) is 7.82. The van der Waals surface area contributed by atoms with Crippen molar-refractivity contribution in [2.45, 2.75) is 5.16 Å². The minimum atomic E-state index is -0.908. The molecule has 0 amide bonds. The summed E-state index contributed by atoms with van der Waals surface area (Å²) in [6.07, 6.45) is 0. The van der Waals surface area contributed by atoms with E-state index < -0.39 is 5.97 Å². The van der Waals surface area contributed by atoms with Crippen LogP contribution in [0.2, 0.25) is 0 Å². The first kappa shape index (κ1) is 17.0. The number of carboxylic acids is 1. The van der Waals surface area contributed by atoms with Gasteiger partial charge in [0.1, 0.15) is 0 Å². The Morgan fingerprint density at radius 1 is 1.20 bits per heavy atom. The summed E-state index contributed by atoms with van der Waals surface area (Å²) in [4.78, 5) is 20.0. The SMILES string of the molecule is CONc1cc(-c2ccccc2)cc(-c2nc(SCC(=O)O)n[nH]2)c1. The summed E-state index contributed by atoms with van der Waals surface area (Å²) in [6, 6.07) is 15.8. The molecule has 0 bridgehead atoms. The van der Waals surface area contributed by atoms with Crippen LogP contribution in [0.15, 0.2) is 53.7 Å².